The molecule has 0 amide bonds. The number of rotatable bonds is 3. The number of ketones is 1. The molecule has 1 aliphatic carbocycles. The maximum absolute atomic E-state index is 12.7. The van der Waals surface area contributed by atoms with Crippen molar-refractivity contribution in [3.8, 4) is 0 Å². The zero-order valence-corrected chi connectivity index (χ0v) is 11.8. The lowest BCUT2D eigenvalue weighted by atomic mass is 9.94. The highest BCUT2D eigenvalue weighted by atomic mass is 35.5. The van der Waals surface area contributed by atoms with Gasteiger partial charge in [-0.15, -0.1) is 0 Å². The summed E-state index contributed by atoms with van der Waals surface area (Å²) in [6.07, 6.45) is -3.11. The molecular weight excluding hydrogens is 305 g/mol. The molecule has 1 aromatic carbocycles. The van der Waals surface area contributed by atoms with E-state index < -0.39 is 23.5 Å². The van der Waals surface area contributed by atoms with Crippen LogP contribution in [-0.2, 0) is 16.1 Å². The average Bonchev–Trinajstić information content (AvgIpc) is 2.40. The minimum atomic E-state index is -4.57. The van der Waals surface area contributed by atoms with E-state index in [2.05, 4.69) is 0 Å². The van der Waals surface area contributed by atoms with Gasteiger partial charge in [0.05, 0.1) is 11.5 Å². The second kappa shape index (κ2) is 5.93. The number of carbonyl (C=O) groups excluding carboxylic acids is 1. The van der Waals surface area contributed by atoms with Crippen molar-refractivity contribution >= 4 is 17.4 Å². The first-order valence-electron chi connectivity index (χ1n) is 6.19. The maximum atomic E-state index is 12.7. The third-order valence-electron chi connectivity index (χ3n) is 3.13. The Morgan fingerprint density at radius 1 is 1.24 bits per heavy atom. The summed E-state index contributed by atoms with van der Waals surface area (Å²) in [7, 11) is 0. The summed E-state index contributed by atoms with van der Waals surface area (Å²) in [4.78, 5) is 11.6. The predicted molar refractivity (Wildman–Crippen MR) is 72.6 cm³/mol. The van der Waals surface area contributed by atoms with Gasteiger partial charge in [-0.3, -0.25) is 4.79 Å². The summed E-state index contributed by atoms with van der Waals surface area (Å²) in [5.74, 6) is -1.37. The molecule has 0 aliphatic heterocycles. The number of halogens is 4. The Bertz CT molecular complexity index is 618. The van der Waals surface area contributed by atoms with Gasteiger partial charge in [-0.05, 0) is 25.1 Å². The Kier molecular flexibility index (Phi) is 4.42. The number of ether oxygens (including phenoxy) is 1. The number of carbonyl (C=O) groups is 1. The molecule has 0 saturated heterocycles. The number of hydrogen-bond acceptors (Lipinski definition) is 2. The molecule has 6 heteroatoms. The van der Waals surface area contributed by atoms with Crippen LogP contribution < -0.4 is 0 Å². The molecule has 0 bridgehead atoms. The molecule has 1 aromatic rings. The molecule has 0 spiro atoms. The zero-order valence-electron chi connectivity index (χ0n) is 11.1. The molecule has 0 aromatic heterocycles. The van der Waals surface area contributed by atoms with Gasteiger partial charge in [-0.1, -0.05) is 29.8 Å². The molecule has 112 valence electrons. The summed E-state index contributed by atoms with van der Waals surface area (Å²) in [6.45, 7) is 1.51. The van der Waals surface area contributed by atoms with Gasteiger partial charge in [0.25, 0.3) is 0 Å². The van der Waals surface area contributed by atoms with E-state index in [9.17, 15) is 18.0 Å². The lowest BCUT2D eigenvalue weighted by Gasteiger charge is -2.21. The molecule has 2 nitrogen and oxygen atoms in total. The Morgan fingerprint density at radius 3 is 2.52 bits per heavy atom. The van der Waals surface area contributed by atoms with Crippen molar-refractivity contribution in [3.05, 3.63) is 58.3 Å². The van der Waals surface area contributed by atoms with Crippen molar-refractivity contribution in [3.63, 3.8) is 0 Å². The van der Waals surface area contributed by atoms with Crippen LogP contribution in [0, 0.1) is 5.92 Å². The van der Waals surface area contributed by atoms with Crippen LogP contribution in [0.5, 0.6) is 0 Å². The molecule has 1 unspecified atom stereocenters. The fraction of sp³-hybridized carbons (Fsp3) is 0.267. The van der Waals surface area contributed by atoms with Gasteiger partial charge in [-0.25, -0.2) is 0 Å². The Labute approximate surface area is 124 Å². The Hall–Kier alpha value is -1.75. The van der Waals surface area contributed by atoms with Crippen LogP contribution in [-0.4, -0.2) is 12.0 Å². The van der Waals surface area contributed by atoms with Crippen molar-refractivity contribution in [2.45, 2.75) is 19.7 Å². The number of hydrogen-bond donors (Lipinski definition) is 0. The van der Waals surface area contributed by atoms with Crippen LogP contribution in [0.25, 0.3) is 0 Å². The van der Waals surface area contributed by atoms with E-state index in [-0.39, 0.29) is 12.4 Å². The third kappa shape index (κ3) is 3.67. The molecule has 1 aliphatic rings. The van der Waals surface area contributed by atoms with Crippen LogP contribution in [0.3, 0.4) is 0 Å². The summed E-state index contributed by atoms with van der Waals surface area (Å²) in [5, 5.41) is 0.458. The minimum Gasteiger partial charge on any atom is -0.492 e. The summed E-state index contributed by atoms with van der Waals surface area (Å²) in [5.41, 5.74) is -0.359. The quantitative estimate of drug-likeness (QED) is 0.823. The maximum Gasteiger partial charge on any atom is 0.416 e. The fourth-order valence-electron chi connectivity index (χ4n) is 1.85. The second-order valence-electron chi connectivity index (χ2n) is 4.65. The van der Waals surface area contributed by atoms with Crippen molar-refractivity contribution in [1.29, 1.82) is 0 Å². The van der Waals surface area contributed by atoms with Gasteiger partial charge in [-0.2, -0.15) is 13.2 Å². The fourth-order valence-corrected chi connectivity index (χ4v) is 2.04. The predicted octanol–water partition coefficient (Wildman–Crippen LogP) is 4.45. The van der Waals surface area contributed by atoms with Crippen molar-refractivity contribution in [2.24, 2.45) is 5.92 Å². The molecule has 0 radical (unpaired) electrons. The van der Waals surface area contributed by atoms with E-state index in [0.717, 1.165) is 6.08 Å². The molecule has 0 heterocycles. The summed E-state index contributed by atoms with van der Waals surface area (Å²) < 4.78 is 43.5. The summed E-state index contributed by atoms with van der Waals surface area (Å²) in [6, 6.07) is 6.85. The molecule has 0 N–H and O–H groups in total. The van der Waals surface area contributed by atoms with Crippen molar-refractivity contribution in [2.75, 3.05) is 0 Å². The number of allylic oxidation sites excluding steroid dienone is 4. The number of alkyl halides is 3. The standard InChI is InChI=1S/C15H12ClF3O2/c1-9-13(20)6-11(15(17,18)19)7-14(9)21-8-10-4-2-3-5-12(10)16/h2-7,9H,8H2,1H3. The third-order valence-corrected chi connectivity index (χ3v) is 3.50. The zero-order chi connectivity index (χ0) is 15.6. The normalized spacial score (nSPS) is 19.1. The largest absolute Gasteiger partial charge is 0.492 e. The van der Waals surface area contributed by atoms with Gasteiger partial charge in [0, 0.05) is 10.6 Å². The first-order valence-corrected chi connectivity index (χ1v) is 6.57. The van der Waals surface area contributed by atoms with Crippen LogP contribution in [0.15, 0.2) is 47.7 Å². The summed E-state index contributed by atoms with van der Waals surface area (Å²) >= 11 is 5.95. The molecule has 0 fully saturated rings. The highest BCUT2D eigenvalue weighted by molar-refractivity contribution is 6.31. The van der Waals surface area contributed by atoms with Crippen molar-refractivity contribution in [1.82, 2.24) is 0 Å². The van der Waals surface area contributed by atoms with Crippen LogP contribution in [0.2, 0.25) is 5.02 Å². The minimum absolute atomic E-state index is 0.00487. The molecule has 0 saturated carbocycles. The monoisotopic (exact) mass is 316 g/mol. The topological polar surface area (TPSA) is 26.3 Å². The van der Waals surface area contributed by atoms with E-state index >= 15 is 0 Å². The van der Waals surface area contributed by atoms with Crippen LogP contribution in [0.1, 0.15) is 12.5 Å². The van der Waals surface area contributed by atoms with E-state index in [1.807, 2.05) is 0 Å². The second-order valence-corrected chi connectivity index (χ2v) is 5.06. The Morgan fingerprint density at radius 2 is 1.90 bits per heavy atom. The van der Waals surface area contributed by atoms with Gasteiger partial charge in [0.15, 0.2) is 5.78 Å². The smallest absolute Gasteiger partial charge is 0.416 e. The lowest BCUT2D eigenvalue weighted by Crippen LogP contribution is -2.22. The Balaban J connectivity index is 2.18. The molecule has 21 heavy (non-hydrogen) atoms. The van der Waals surface area contributed by atoms with Gasteiger partial charge < -0.3 is 4.74 Å². The van der Waals surface area contributed by atoms with Gasteiger partial charge in [0.2, 0.25) is 0 Å². The highest BCUT2D eigenvalue weighted by Crippen LogP contribution is 2.33. The molecule has 2 rings (SSSR count). The van der Waals surface area contributed by atoms with Gasteiger partial charge in [0.1, 0.15) is 12.4 Å². The average molecular weight is 317 g/mol. The molecular formula is C15H12ClF3O2. The van der Waals surface area contributed by atoms with Crippen LogP contribution >= 0.6 is 11.6 Å². The number of benzene rings is 1. The van der Waals surface area contributed by atoms with Crippen LogP contribution in [0.4, 0.5) is 13.2 Å². The first kappa shape index (κ1) is 15.6. The highest BCUT2D eigenvalue weighted by Gasteiger charge is 2.37. The van der Waals surface area contributed by atoms with Gasteiger partial charge >= 0.3 is 6.18 Å². The van der Waals surface area contributed by atoms with E-state index in [0.29, 0.717) is 16.7 Å². The SMILES string of the molecule is CC1C(=O)C=C(C(F)(F)F)C=C1OCc1ccccc1Cl. The van der Waals surface area contributed by atoms with E-state index in [1.165, 1.54) is 6.92 Å². The first-order chi connectivity index (χ1) is 9.79. The molecule has 1 atom stereocenters. The van der Waals surface area contributed by atoms with E-state index in [4.69, 9.17) is 16.3 Å². The van der Waals surface area contributed by atoms with E-state index in [1.54, 1.807) is 24.3 Å². The van der Waals surface area contributed by atoms with Crippen molar-refractivity contribution < 1.29 is 22.7 Å². The lowest BCUT2D eigenvalue weighted by molar-refractivity contribution is -0.120.